The van der Waals surface area contributed by atoms with Crippen molar-refractivity contribution in [1.82, 2.24) is 0 Å². The summed E-state index contributed by atoms with van der Waals surface area (Å²) in [7, 11) is 0. The van der Waals surface area contributed by atoms with Crippen molar-refractivity contribution in [1.29, 1.82) is 0 Å². The van der Waals surface area contributed by atoms with Gasteiger partial charge in [0, 0.05) is 38.7 Å². The summed E-state index contributed by atoms with van der Waals surface area (Å²) in [5.41, 5.74) is 18.9. The first-order chi connectivity index (χ1) is 27.3. The van der Waals surface area contributed by atoms with Gasteiger partial charge in [0.2, 0.25) is 0 Å². The lowest BCUT2D eigenvalue weighted by molar-refractivity contribution is 0.478. The van der Waals surface area contributed by atoms with Crippen molar-refractivity contribution < 1.29 is 10.2 Å². The standard InChI is InChI=1S/C54H70O2S2/c1-29(2)38-25-40(31(5)6)50(41(26-38)32(7)8)48-23-35(13)19-44(52(48)55)46-21-37(15)22-47(54(46)58-18-17-57-16)45-20-36(14)24-49(53(45)56)51-42(33(9)10)27-39(30(3)4)28-43(51)34(11)12/h19-34,55-56H,17-18H2,1-16H3. The van der Waals surface area contributed by atoms with Crippen LogP contribution in [0.4, 0.5) is 0 Å². The molecule has 0 amide bonds. The van der Waals surface area contributed by atoms with Crippen molar-refractivity contribution in [3.05, 3.63) is 111 Å². The summed E-state index contributed by atoms with van der Waals surface area (Å²) in [6, 6.07) is 22.6. The highest BCUT2D eigenvalue weighted by Gasteiger charge is 2.27. The van der Waals surface area contributed by atoms with Crippen LogP contribution in [-0.4, -0.2) is 28.0 Å². The van der Waals surface area contributed by atoms with Gasteiger partial charge in [-0.25, -0.2) is 0 Å². The van der Waals surface area contributed by atoms with Gasteiger partial charge in [0.15, 0.2) is 0 Å². The van der Waals surface area contributed by atoms with Crippen LogP contribution in [0.25, 0.3) is 44.5 Å². The zero-order chi connectivity index (χ0) is 42.9. The molecular weight excluding hydrogens is 745 g/mol. The molecule has 0 bridgehead atoms. The first kappa shape index (κ1) is 45.5. The molecule has 2 nitrogen and oxygen atoms in total. The molecule has 310 valence electrons. The van der Waals surface area contributed by atoms with Crippen LogP contribution in [0, 0.1) is 20.8 Å². The van der Waals surface area contributed by atoms with E-state index in [2.05, 4.69) is 171 Å². The average Bonchev–Trinajstić information content (AvgIpc) is 3.15. The average molecular weight is 815 g/mol. The number of phenolic OH excluding ortho intramolecular Hbond substituents is 2. The van der Waals surface area contributed by atoms with Crippen LogP contribution < -0.4 is 0 Å². The van der Waals surface area contributed by atoms with Crippen LogP contribution >= 0.6 is 23.5 Å². The molecule has 0 heterocycles. The largest absolute Gasteiger partial charge is 0.507 e. The molecule has 0 aliphatic heterocycles. The lowest BCUT2D eigenvalue weighted by Crippen LogP contribution is -2.04. The van der Waals surface area contributed by atoms with Gasteiger partial charge in [-0.2, -0.15) is 11.8 Å². The van der Waals surface area contributed by atoms with Crippen molar-refractivity contribution in [3.8, 4) is 56.0 Å². The highest BCUT2D eigenvalue weighted by atomic mass is 32.2. The minimum atomic E-state index is 0.283. The number of rotatable bonds is 14. The minimum absolute atomic E-state index is 0.283. The molecule has 5 aromatic carbocycles. The van der Waals surface area contributed by atoms with Crippen molar-refractivity contribution in [2.24, 2.45) is 0 Å². The maximum absolute atomic E-state index is 12.7. The molecule has 5 rings (SSSR count). The highest BCUT2D eigenvalue weighted by Crippen LogP contribution is 2.52. The molecule has 0 atom stereocenters. The molecule has 4 heteroatoms. The van der Waals surface area contributed by atoms with Gasteiger partial charge >= 0.3 is 0 Å². The molecular formula is C54H70O2S2. The number of aryl methyl sites for hydroxylation is 3. The van der Waals surface area contributed by atoms with Gasteiger partial charge in [-0.3, -0.25) is 0 Å². The highest BCUT2D eigenvalue weighted by molar-refractivity contribution is 8.02. The third-order valence-corrected chi connectivity index (χ3v) is 13.7. The van der Waals surface area contributed by atoms with Crippen LogP contribution in [0.3, 0.4) is 0 Å². The SMILES string of the molecule is CSCCSc1c(-c2cc(C)cc(-c3c(C(C)C)cc(C(C)C)cc3C(C)C)c2O)cc(C)cc1-c1cc(C)cc(-c2c(C(C)C)cc(C(C)C)cc2C(C)C)c1O. The van der Waals surface area contributed by atoms with Crippen molar-refractivity contribution in [3.63, 3.8) is 0 Å². The summed E-state index contributed by atoms with van der Waals surface area (Å²) in [4.78, 5) is 1.09. The third kappa shape index (κ3) is 9.39. The Labute approximate surface area is 360 Å². The molecule has 0 saturated carbocycles. The molecule has 5 aromatic rings. The maximum Gasteiger partial charge on any atom is 0.131 e. The number of aromatic hydroxyl groups is 2. The predicted octanol–water partition coefficient (Wildman–Crippen LogP) is 16.9. The second-order valence-electron chi connectivity index (χ2n) is 18.5. The van der Waals surface area contributed by atoms with E-state index in [1.54, 1.807) is 0 Å². The Morgan fingerprint density at radius 1 is 0.397 bits per heavy atom. The first-order valence-corrected chi connectivity index (χ1v) is 24.0. The molecule has 0 unspecified atom stereocenters. The Morgan fingerprint density at radius 3 is 0.966 bits per heavy atom. The van der Waals surface area contributed by atoms with Gasteiger partial charge in [-0.05, 0) is 159 Å². The lowest BCUT2D eigenvalue weighted by Gasteiger charge is -2.26. The fourth-order valence-corrected chi connectivity index (χ4v) is 10.3. The Balaban J connectivity index is 1.88. The second kappa shape index (κ2) is 18.8. The Kier molecular flexibility index (Phi) is 14.7. The monoisotopic (exact) mass is 814 g/mol. The number of thioether (sulfide) groups is 2. The molecule has 0 radical (unpaired) electrons. The van der Waals surface area contributed by atoms with Crippen molar-refractivity contribution in [2.45, 2.75) is 144 Å². The smallest absolute Gasteiger partial charge is 0.131 e. The Hall–Kier alpha value is -3.60. The Morgan fingerprint density at radius 2 is 0.690 bits per heavy atom. The molecule has 0 aliphatic carbocycles. The molecule has 58 heavy (non-hydrogen) atoms. The fraction of sp³-hybridized carbons (Fsp3) is 0.444. The van der Waals surface area contributed by atoms with Gasteiger partial charge in [0.1, 0.15) is 11.5 Å². The maximum atomic E-state index is 12.7. The van der Waals surface area contributed by atoms with E-state index in [0.29, 0.717) is 23.3 Å². The van der Waals surface area contributed by atoms with E-state index in [4.69, 9.17) is 0 Å². The van der Waals surface area contributed by atoms with E-state index in [0.717, 1.165) is 77.6 Å². The van der Waals surface area contributed by atoms with Gasteiger partial charge in [0.25, 0.3) is 0 Å². The fourth-order valence-electron chi connectivity index (χ4n) is 8.44. The van der Waals surface area contributed by atoms with E-state index in [1.165, 1.54) is 33.4 Å². The summed E-state index contributed by atoms with van der Waals surface area (Å²) in [5, 5.41) is 25.4. The summed E-state index contributed by atoms with van der Waals surface area (Å²) in [6.07, 6.45) is 2.15. The number of hydrogen-bond acceptors (Lipinski definition) is 4. The van der Waals surface area contributed by atoms with E-state index in [1.807, 2.05) is 23.5 Å². The molecule has 0 aliphatic rings. The minimum Gasteiger partial charge on any atom is -0.507 e. The molecule has 0 fully saturated rings. The van der Waals surface area contributed by atoms with Crippen LogP contribution in [-0.2, 0) is 0 Å². The summed E-state index contributed by atoms with van der Waals surface area (Å²) in [6.45, 7) is 33.6. The topological polar surface area (TPSA) is 40.5 Å². The van der Waals surface area contributed by atoms with Gasteiger partial charge < -0.3 is 10.2 Å². The first-order valence-electron chi connectivity index (χ1n) is 21.6. The quantitative estimate of drug-likeness (QED) is 0.0865. The van der Waals surface area contributed by atoms with Crippen LogP contribution in [0.1, 0.15) is 169 Å². The predicted molar refractivity (Wildman–Crippen MR) is 259 cm³/mol. The van der Waals surface area contributed by atoms with Gasteiger partial charge in [0.05, 0.1) is 0 Å². The van der Waals surface area contributed by atoms with Gasteiger partial charge in [-0.1, -0.05) is 119 Å². The lowest BCUT2D eigenvalue weighted by atomic mass is 9.80. The molecule has 2 N–H and O–H groups in total. The van der Waals surface area contributed by atoms with Crippen LogP contribution in [0.15, 0.2) is 65.6 Å². The summed E-state index contributed by atoms with van der Waals surface area (Å²) in [5.74, 6) is 4.47. The number of phenols is 2. The molecule has 0 saturated heterocycles. The number of benzene rings is 5. The van der Waals surface area contributed by atoms with Crippen molar-refractivity contribution >= 4 is 23.5 Å². The molecule has 0 spiro atoms. The second-order valence-corrected chi connectivity index (χ2v) is 20.6. The van der Waals surface area contributed by atoms with E-state index in [9.17, 15) is 10.2 Å². The number of hydrogen-bond donors (Lipinski definition) is 2. The molecule has 0 aromatic heterocycles. The Bertz CT molecular complexity index is 2060. The zero-order valence-corrected chi connectivity index (χ0v) is 40.0. The third-order valence-electron chi connectivity index (χ3n) is 11.7. The summed E-state index contributed by atoms with van der Waals surface area (Å²) >= 11 is 3.67. The zero-order valence-electron chi connectivity index (χ0n) is 38.4. The van der Waals surface area contributed by atoms with Crippen LogP contribution in [0.2, 0.25) is 0 Å². The van der Waals surface area contributed by atoms with Gasteiger partial charge in [-0.15, -0.1) is 11.8 Å². The van der Waals surface area contributed by atoms with E-state index in [-0.39, 0.29) is 23.7 Å². The normalized spacial score (nSPS) is 12.1. The van der Waals surface area contributed by atoms with Crippen molar-refractivity contribution in [2.75, 3.05) is 17.8 Å². The van der Waals surface area contributed by atoms with Crippen LogP contribution in [0.5, 0.6) is 11.5 Å². The van der Waals surface area contributed by atoms with E-state index >= 15 is 0 Å². The summed E-state index contributed by atoms with van der Waals surface area (Å²) < 4.78 is 0. The van der Waals surface area contributed by atoms with E-state index < -0.39 is 0 Å².